The molecular weight excluding hydrogens is 381 g/mol. The Morgan fingerprint density at radius 3 is 2.70 bits per heavy atom. The van der Waals surface area contributed by atoms with Crippen molar-refractivity contribution < 1.29 is 0 Å². The summed E-state index contributed by atoms with van der Waals surface area (Å²) in [7, 11) is 1.93. The van der Waals surface area contributed by atoms with Gasteiger partial charge in [-0.2, -0.15) is 5.10 Å². The lowest BCUT2D eigenvalue weighted by Crippen LogP contribution is -2.20. The SMILES string of the molecule is CCn1nc(C)c(Br)c1CC(NC)c1cc(Cl)sc1Cl. The average Bonchev–Trinajstić information content (AvgIpc) is 2.88. The summed E-state index contributed by atoms with van der Waals surface area (Å²) in [6, 6.07) is 2.05. The van der Waals surface area contributed by atoms with Gasteiger partial charge < -0.3 is 5.32 Å². The zero-order valence-electron chi connectivity index (χ0n) is 11.5. The molecule has 0 fully saturated rings. The summed E-state index contributed by atoms with van der Waals surface area (Å²) in [6.45, 7) is 4.93. The number of aryl methyl sites for hydroxylation is 2. The van der Waals surface area contributed by atoms with Crippen LogP contribution in [0.3, 0.4) is 0 Å². The van der Waals surface area contributed by atoms with Crippen molar-refractivity contribution >= 4 is 50.5 Å². The first-order chi connectivity index (χ1) is 9.47. The van der Waals surface area contributed by atoms with E-state index < -0.39 is 0 Å². The summed E-state index contributed by atoms with van der Waals surface area (Å²) in [6.07, 6.45) is 0.804. The summed E-state index contributed by atoms with van der Waals surface area (Å²) in [5, 5.41) is 7.83. The number of thiophene rings is 1. The Bertz CT molecular complexity index is 609. The Morgan fingerprint density at radius 1 is 1.50 bits per heavy atom. The number of nitrogens with one attached hydrogen (secondary N) is 1. The molecule has 2 aromatic heterocycles. The number of halogens is 3. The molecule has 0 aromatic carbocycles. The van der Waals surface area contributed by atoms with E-state index in [1.54, 1.807) is 0 Å². The number of rotatable bonds is 5. The summed E-state index contributed by atoms with van der Waals surface area (Å²) in [5.74, 6) is 0. The fourth-order valence-electron chi connectivity index (χ4n) is 2.22. The molecule has 20 heavy (non-hydrogen) atoms. The molecule has 0 spiro atoms. The van der Waals surface area contributed by atoms with Crippen molar-refractivity contribution in [3.8, 4) is 0 Å². The van der Waals surface area contributed by atoms with E-state index in [1.165, 1.54) is 17.0 Å². The molecule has 1 unspecified atom stereocenters. The van der Waals surface area contributed by atoms with Crippen LogP contribution in [0.2, 0.25) is 8.67 Å². The summed E-state index contributed by atoms with van der Waals surface area (Å²) < 4.78 is 4.54. The zero-order chi connectivity index (χ0) is 14.9. The molecule has 1 atom stereocenters. The molecule has 0 radical (unpaired) electrons. The Kier molecular flexibility index (Phi) is 5.54. The van der Waals surface area contributed by atoms with Crippen LogP contribution in [0, 0.1) is 6.92 Å². The summed E-state index contributed by atoms with van der Waals surface area (Å²) >= 11 is 17.3. The van der Waals surface area contributed by atoms with Crippen molar-refractivity contribution in [1.82, 2.24) is 15.1 Å². The average molecular weight is 397 g/mol. The third kappa shape index (κ3) is 3.22. The van der Waals surface area contributed by atoms with Crippen LogP contribution < -0.4 is 5.32 Å². The number of aromatic nitrogens is 2. The van der Waals surface area contributed by atoms with Crippen LogP contribution in [0.1, 0.15) is 29.9 Å². The molecule has 2 heterocycles. The Morgan fingerprint density at radius 2 is 2.20 bits per heavy atom. The number of nitrogens with zero attached hydrogens (tertiary/aromatic N) is 2. The van der Waals surface area contributed by atoms with E-state index in [0.717, 1.165) is 33.0 Å². The second-order valence-corrected chi connectivity index (χ2v) is 7.57. The van der Waals surface area contributed by atoms with Crippen molar-refractivity contribution in [2.75, 3.05) is 7.05 Å². The summed E-state index contributed by atoms with van der Waals surface area (Å²) in [4.78, 5) is 0. The lowest BCUT2D eigenvalue weighted by Gasteiger charge is -2.17. The zero-order valence-corrected chi connectivity index (χ0v) is 15.4. The van der Waals surface area contributed by atoms with E-state index in [0.29, 0.717) is 4.34 Å². The third-order valence-electron chi connectivity index (χ3n) is 3.26. The highest BCUT2D eigenvalue weighted by Crippen LogP contribution is 2.37. The predicted molar refractivity (Wildman–Crippen MR) is 90.2 cm³/mol. The second kappa shape index (κ2) is 6.79. The van der Waals surface area contributed by atoms with Crippen molar-refractivity contribution in [2.24, 2.45) is 0 Å². The van der Waals surface area contributed by atoms with Crippen LogP contribution in [-0.4, -0.2) is 16.8 Å². The predicted octanol–water partition coefficient (Wildman–Crippen LogP) is 4.85. The van der Waals surface area contributed by atoms with Gasteiger partial charge in [0, 0.05) is 24.6 Å². The Balaban J connectivity index is 2.34. The van der Waals surface area contributed by atoms with Gasteiger partial charge in [-0.1, -0.05) is 23.2 Å². The van der Waals surface area contributed by atoms with Crippen LogP contribution in [0.5, 0.6) is 0 Å². The van der Waals surface area contributed by atoms with Crippen LogP contribution in [0.25, 0.3) is 0 Å². The maximum absolute atomic E-state index is 6.26. The molecule has 7 heteroatoms. The highest BCUT2D eigenvalue weighted by atomic mass is 79.9. The van der Waals surface area contributed by atoms with Gasteiger partial charge >= 0.3 is 0 Å². The fraction of sp³-hybridized carbons (Fsp3) is 0.462. The molecule has 110 valence electrons. The van der Waals surface area contributed by atoms with Crippen molar-refractivity contribution in [3.05, 3.63) is 36.2 Å². The van der Waals surface area contributed by atoms with Gasteiger partial charge in [-0.15, -0.1) is 11.3 Å². The van der Waals surface area contributed by atoms with Gasteiger partial charge in [0.15, 0.2) is 0 Å². The molecule has 0 saturated carbocycles. The molecule has 0 aliphatic rings. The van der Waals surface area contributed by atoms with Crippen LogP contribution in [-0.2, 0) is 13.0 Å². The Labute approximate surface area is 141 Å². The molecular formula is C13H16BrCl2N3S. The monoisotopic (exact) mass is 395 g/mol. The molecule has 0 amide bonds. The minimum Gasteiger partial charge on any atom is -0.313 e. The van der Waals surface area contributed by atoms with Gasteiger partial charge in [0.2, 0.25) is 0 Å². The van der Waals surface area contributed by atoms with Crippen molar-refractivity contribution in [2.45, 2.75) is 32.9 Å². The number of hydrogen-bond acceptors (Lipinski definition) is 3. The van der Waals surface area contributed by atoms with Gasteiger partial charge in [-0.25, -0.2) is 0 Å². The number of likely N-dealkylation sites (N-methyl/N-ethyl adjacent to an activating group) is 1. The maximum Gasteiger partial charge on any atom is 0.0992 e. The van der Waals surface area contributed by atoms with Crippen LogP contribution in [0.4, 0.5) is 0 Å². The molecule has 2 aromatic rings. The molecule has 3 nitrogen and oxygen atoms in total. The van der Waals surface area contributed by atoms with Gasteiger partial charge in [0.1, 0.15) is 0 Å². The molecule has 1 N–H and O–H groups in total. The molecule has 0 aliphatic carbocycles. The lowest BCUT2D eigenvalue weighted by atomic mass is 10.1. The maximum atomic E-state index is 6.26. The first kappa shape index (κ1) is 16.3. The fourth-order valence-corrected chi connectivity index (χ4v) is 4.24. The topological polar surface area (TPSA) is 29.9 Å². The molecule has 0 saturated heterocycles. The van der Waals surface area contributed by atoms with Crippen molar-refractivity contribution in [3.63, 3.8) is 0 Å². The normalized spacial score (nSPS) is 12.9. The summed E-state index contributed by atoms with van der Waals surface area (Å²) in [5.41, 5.74) is 3.21. The quantitative estimate of drug-likeness (QED) is 0.782. The minimum atomic E-state index is 0.115. The van der Waals surface area contributed by atoms with Crippen LogP contribution >= 0.6 is 50.5 Å². The van der Waals surface area contributed by atoms with E-state index in [1.807, 2.05) is 24.7 Å². The van der Waals surface area contributed by atoms with Gasteiger partial charge in [-0.3, -0.25) is 4.68 Å². The first-order valence-corrected chi connectivity index (χ1v) is 8.68. The lowest BCUT2D eigenvalue weighted by molar-refractivity contribution is 0.541. The molecule has 0 bridgehead atoms. The van der Waals surface area contributed by atoms with E-state index in [9.17, 15) is 0 Å². The van der Waals surface area contributed by atoms with E-state index >= 15 is 0 Å². The van der Waals surface area contributed by atoms with E-state index in [2.05, 4.69) is 33.3 Å². The first-order valence-electron chi connectivity index (χ1n) is 6.31. The highest BCUT2D eigenvalue weighted by Gasteiger charge is 2.21. The van der Waals surface area contributed by atoms with Gasteiger partial charge in [0.05, 0.1) is 24.5 Å². The highest BCUT2D eigenvalue weighted by molar-refractivity contribution is 9.10. The number of hydrogen-bond donors (Lipinski definition) is 1. The third-order valence-corrected chi connectivity index (χ3v) is 5.81. The van der Waals surface area contributed by atoms with Gasteiger partial charge in [0.25, 0.3) is 0 Å². The Hall–Kier alpha value is -0.0700. The van der Waals surface area contributed by atoms with Crippen molar-refractivity contribution in [1.29, 1.82) is 0 Å². The standard InChI is InChI=1S/C13H16BrCl2N3S/c1-4-19-10(12(14)7(2)18-19)6-9(17-3)8-5-11(15)20-13(8)16/h5,9,17H,4,6H2,1-3H3. The second-order valence-electron chi connectivity index (χ2n) is 4.49. The molecule has 2 rings (SSSR count). The van der Waals surface area contributed by atoms with E-state index in [4.69, 9.17) is 23.2 Å². The molecule has 0 aliphatic heterocycles. The van der Waals surface area contributed by atoms with E-state index in [-0.39, 0.29) is 6.04 Å². The minimum absolute atomic E-state index is 0.115. The van der Waals surface area contributed by atoms with Crippen LogP contribution in [0.15, 0.2) is 10.5 Å². The van der Waals surface area contributed by atoms with Gasteiger partial charge in [-0.05, 0) is 42.9 Å². The smallest absolute Gasteiger partial charge is 0.0992 e. The largest absolute Gasteiger partial charge is 0.313 e.